The van der Waals surface area contributed by atoms with Crippen LogP contribution in [0.2, 0.25) is 0 Å². The number of carbonyl (C=O) groups is 1. The van der Waals surface area contributed by atoms with Gasteiger partial charge in [-0.1, -0.05) is 6.92 Å². The quantitative estimate of drug-likeness (QED) is 0.789. The first kappa shape index (κ1) is 13.1. The summed E-state index contributed by atoms with van der Waals surface area (Å²) >= 11 is 0. The SMILES string of the molecule is C#CCC(CC)NC(=O)c1ccc(OC)cc1. The van der Waals surface area contributed by atoms with Crippen LogP contribution in [0.3, 0.4) is 0 Å². The molecule has 1 aromatic rings. The van der Waals surface area contributed by atoms with E-state index in [1.165, 1.54) is 0 Å². The molecule has 1 amide bonds. The lowest BCUT2D eigenvalue weighted by Gasteiger charge is -2.14. The molecule has 0 heterocycles. The van der Waals surface area contributed by atoms with Crippen molar-refractivity contribution in [3.63, 3.8) is 0 Å². The topological polar surface area (TPSA) is 38.3 Å². The Balaban J connectivity index is 2.65. The highest BCUT2D eigenvalue weighted by atomic mass is 16.5. The van der Waals surface area contributed by atoms with Gasteiger partial charge >= 0.3 is 0 Å². The third kappa shape index (κ3) is 3.84. The molecule has 0 saturated carbocycles. The van der Waals surface area contributed by atoms with Gasteiger partial charge in [0.05, 0.1) is 7.11 Å². The Morgan fingerprint density at radius 2 is 2.12 bits per heavy atom. The smallest absolute Gasteiger partial charge is 0.251 e. The van der Waals surface area contributed by atoms with Crippen molar-refractivity contribution >= 4 is 5.91 Å². The number of hydrogen-bond acceptors (Lipinski definition) is 2. The Morgan fingerprint density at radius 1 is 1.47 bits per heavy atom. The molecule has 3 heteroatoms. The number of benzene rings is 1. The van der Waals surface area contributed by atoms with E-state index in [0.29, 0.717) is 12.0 Å². The zero-order chi connectivity index (χ0) is 12.7. The number of ether oxygens (including phenoxy) is 1. The Hall–Kier alpha value is -1.95. The molecule has 0 spiro atoms. The van der Waals surface area contributed by atoms with Crippen LogP contribution < -0.4 is 10.1 Å². The van der Waals surface area contributed by atoms with Crippen LogP contribution in [0.15, 0.2) is 24.3 Å². The molecule has 0 aromatic heterocycles. The fourth-order valence-corrected chi connectivity index (χ4v) is 1.45. The second-order valence-electron chi connectivity index (χ2n) is 3.72. The monoisotopic (exact) mass is 231 g/mol. The van der Waals surface area contributed by atoms with E-state index >= 15 is 0 Å². The number of hydrogen-bond donors (Lipinski definition) is 1. The molecule has 1 aromatic carbocycles. The maximum Gasteiger partial charge on any atom is 0.251 e. The standard InChI is InChI=1S/C14H17NO2/c1-4-6-12(5-2)15-14(16)11-7-9-13(17-3)10-8-11/h1,7-10,12H,5-6H2,2-3H3,(H,15,16). The summed E-state index contributed by atoms with van der Waals surface area (Å²) in [6.07, 6.45) is 6.62. The lowest BCUT2D eigenvalue weighted by molar-refractivity contribution is 0.0936. The Morgan fingerprint density at radius 3 is 2.59 bits per heavy atom. The molecule has 1 rings (SSSR count). The number of amides is 1. The van der Waals surface area contributed by atoms with Crippen molar-refractivity contribution in [2.24, 2.45) is 0 Å². The van der Waals surface area contributed by atoms with Gasteiger partial charge in [-0.25, -0.2) is 0 Å². The van der Waals surface area contributed by atoms with Crippen molar-refractivity contribution < 1.29 is 9.53 Å². The number of carbonyl (C=O) groups excluding carboxylic acids is 1. The van der Waals surface area contributed by atoms with E-state index < -0.39 is 0 Å². The van der Waals surface area contributed by atoms with Crippen LogP contribution in [0.5, 0.6) is 5.75 Å². The molecule has 0 radical (unpaired) electrons. The van der Waals surface area contributed by atoms with Gasteiger partial charge in [-0.2, -0.15) is 0 Å². The molecule has 0 fully saturated rings. The molecule has 0 saturated heterocycles. The largest absolute Gasteiger partial charge is 0.497 e. The van der Waals surface area contributed by atoms with Crippen molar-refractivity contribution in [3.05, 3.63) is 29.8 Å². The second-order valence-corrected chi connectivity index (χ2v) is 3.72. The lowest BCUT2D eigenvalue weighted by atomic mass is 10.1. The van der Waals surface area contributed by atoms with Gasteiger partial charge in [0.2, 0.25) is 0 Å². The third-order valence-corrected chi connectivity index (χ3v) is 2.54. The van der Waals surface area contributed by atoms with Crippen molar-refractivity contribution in [1.82, 2.24) is 5.32 Å². The van der Waals surface area contributed by atoms with Gasteiger partial charge in [-0.3, -0.25) is 4.79 Å². The highest BCUT2D eigenvalue weighted by Gasteiger charge is 2.10. The number of methoxy groups -OCH3 is 1. The average Bonchev–Trinajstić information content (AvgIpc) is 2.38. The number of terminal acetylenes is 1. The van der Waals surface area contributed by atoms with Crippen molar-refractivity contribution in [2.75, 3.05) is 7.11 Å². The Bertz CT molecular complexity index is 403. The Kier molecular flexibility index (Phi) is 5.09. The molecule has 1 atom stereocenters. The van der Waals surface area contributed by atoms with Gasteiger partial charge in [-0.05, 0) is 30.7 Å². The molecule has 1 unspecified atom stereocenters. The van der Waals surface area contributed by atoms with E-state index in [4.69, 9.17) is 11.2 Å². The number of nitrogens with one attached hydrogen (secondary N) is 1. The van der Waals surface area contributed by atoms with Crippen LogP contribution in [-0.2, 0) is 0 Å². The average molecular weight is 231 g/mol. The molecule has 1 N–H and O–H groups in total. The molecule has 0 aliphatic carbocycles. The van der Waals surface area contributed by atoms with Gasteiger partial charge in [-0.15, -0.1) is 12.3 Å². The van der Waals surface area contributed by atoms with Gasteiger partial charge in [0, 0.05) is 18.0 Å². The van der Waals surface area contributed by atoms with Crippen LogP contribution >= 0.6 is 0 Å². The first-order valence-electron chi connectivity index (χ1n) is 5.59. The minimum atomic E-state index is -0.102. The highest BCUT2D eigenvalue weighted by Crippen LogP contribution is 2.11. The van der Waals surface area contributed by atoms with Gasteiger partial charge in [0.15, 0.2) is 0 Å². The van der Waals surface area contributed by atoms with E-state index in [2.05, 4.69) is 11.2 Å². The summed E-state index contributed by atoms with van der Waals surface area (Å²) in [7, 11) is 1.59. The summed E-state index contributed by atoms with van der Waals surface area (Å²) in [5, 5.41) is 2.90. The molecule has 90 valence electrons. The van der Waals surface area contributed by atoms with Crippen molar-refractivity contribution in [1.29, 1.82) is 0 Å². The van der Waals surface area contributed by atoms with E-state index in [1.807, 2.05) is 6.92 Å². The zero-order valence-corrected chi connectivity index (χ0v) is 10.2. The minimum Gasteiger partial charge on any atom is -0.497 e. The highest BCUT2D eigenvalue weighted by molar-refractivity contribution is 5.94. The Labute approximate surface area is 102 Å². The van der Waals surface area contributed by atoms with Crippen LogP contribution in [0, 0.1) is 12.3 Å². The van der Waals surface area contributed by atoms with E-state index in [-0.39, 0.29) is 11.9 Å². The maximum atomic E-state index is 11.9. The first-order chi connectivity index (χ1) is 8.21. The fraction of sp³-hybridized carbons (Fsp3) is 0.357. The predicted molar refractivity (Wildman–Crippen MR) is 68.0 cm³/mol. The summed E-state index contributed by atoms with van der Waals surface area (Å²) < 4.78 is 5.03. The molecule has 0 bridgehead atoms. The third-order valence-electron chi connectivity index (χ3n) is 2.54. The fourth-order valence-electron chi connectivity index (χ4n) is 1.45. The van der Waals surface area contributed by atoms with Gasteiger partial charge in [0.1, 0.15) is 5.75 Å². The van der Waals surface area contributed by atoms with Gasteiger partial charge in [0.25, 0.3) is 5.91 Å². The minimum absolute atomic E-state index is 0.0367. The van der Waals surface area contributed by atoms with E-state index in [9.17, 15) is 4.79 Å². The van der Waals surface area contributed by atoms with Crippen LogP contribution in [-0.4, -0.2) is 19.1 Å². The maximum absolute atomic E-state index is 11.9. The van der Waals surface area contributed by atoms with Crippen LogP contribution in [0.25, 0.3) is 0 Å². The van der Waals surface area contributed by atoms with E-state index in [1.54, 1.807) is 31.4 Å². The van der Waals surface area contributed by atoms with Crippen molar-refractivity contribution in [3.8, 4) is 18.1 Å². The molecule has 0 aliphatic heterocycles. The first-order valence-corrected chi connectivity index (χ1v) is 5.59. The molecular formula is C14H17NO2. The van der Waals surface area contributed by atoms with Gasteiger partial charge < -0.3 is 10.1 Å². The normalized spacial score (nSPS) is 11.4. The zero-order valence-electron chi connectivity index (χ0n) is 10.2. The van der Waals surface area contributed by atoms with Crippen LogP contribution in [0.4, 0.5) is 0 Å². The lowest BCUT2D eigenvalue weighted by Crippen LogP contribution is -2.34. The predicted octanol–water partition coefficient (Wildman–Crippen LogP) is 2.23. The number of rotatable bonds is 5. The van der Waals surface area contributed by atoms with Crippen LogP contribution in [0.1, 0.15) is 30.1 Å². The molecule has 17 heavy (non-hydrogen) atoms. The molecular weight excluding hydrogens is 214 g/mol. The van der Waals surface area contributed by atoms with E-state index in [0.717, 1.165) is 12.2 Å². The second kappa shape index (κ2) is 6.59. The summed E-state index contributed by atoms with van der Waals surface area (Å²) in [5.74, 6) is 3.19. The molecule has 0 aliphatic rings. The summed E-state index contributed by atoms with van der Waals surface area (Å²) in [6.45, 7) is 2.00. The molecule has 3 nitrogen and oxygen atoms in total. The summed E-state index contributed by atoms with van der Waals surface area (Å²) in [4.78, 5) is 11.9. The summed E-state index contributed by atoms with van der Waals surface area (Å²) in [6, 6.07) is 7.02. The summed E-state index contributed by atoms with van der Waals surface area (Å²) in [5.41, 5.74) is 0.612. The van der Waals surface area contributed by atoms with Crippen molar-refractivity contribution in [2.45, 2.75) is 25.8 Å².